The van der Waals surface area contributed by atoms with Gasteiger partial charge in [0, 0.05) is 5.56 Å². The molecule has 0 spiro atoms. The molecule has 0 aliphatic carbocycles. The van der Waals surface area contributed by atoms with Gasteiger partial charge in [0.2, 0.25) is 0 Å². The second-order valence-electron chi connectivity index (χ2n) is 5.99. The van der Waals surface area contributed by atoms with Gasteiger partial charge < -0.3 is 5.32 Å². The van der Waals surface area contributed by atoms with Crippen LogP contribution in [0.25, 0.3) is 11.0 Å². The van der Waals surface area contributed by atoms with E-state index in [0.29, 0.717) is 27.8 Å². The van der Waals surface area contributed by atoms with Crippen LogP contribution in [0.2, 0.25) is 10.0 Å². The Morgan fingerprint density at radius 2 is 1.74 bits per heavy atom. The fraction of sp³-hybridized carbons (Fsp3) is 0.0500. The molecule has 4 rings (SSSR count). The molecule has 1 aromatic heterocycles. The van der Waals surface area contributed by atoms with Gasteiger partial charge in [0.05, 0.1) is 27.8 Å². The third kappa shape index (κ3) is 3.65. The van der Waals surface area contributed by atoms with Crippen molar-refractivity contribution in [1.29, 1.82) is 0 Å². The summed E-state index contributed by atoms with van der Waals surface area (Å²) in [6, 6.07) is 20.2. The zero-order valence-electron chi connectivity index (χ0n) is 14.1. The van der Waals surface area contributed by atoms with Crippen LogP contribution in [0.5, 0.6) is 0 Å². The summed E-state index contributed by atoms with van der Waals surface area (Å²) in [6.07, 6.45) is 0. The molecule has 0 unspecified atom stereocenters. The lowest BCUT2D eigenvalue weighted by atomic mass is 10.1. The first-order chi connectivity index (χ1) is 13.1. The Labute approximate surface area is 165 Å². The van der Waals surface area contributed by atoms with E-state index in [-0.39, 0.29) is 5.91 Å². The molecular formula is C20H14Cl2N4O. The van der Waals surface area contributed by atoms with E-state index >= 15 is 0 Å². The summed E-state index contributed by atoms with van der Waals surface area (Å²) in [5, 5.41) is 11.8. The van der Waals surface area contributed by atoms with Crippen molar-refractivity contribution in [2.75, 3.05) is 5.32 Å². The van der Waals surface area contributed by atoms with E-state index in [4.69, 9.17) is 23.2 Å². The number of carbonyl (C=O) groups excluding carboxylic acids is 1. The molecule has 0 aliphatic rings. The molecule has 0 bridgehead atoms. The maximum atomic E-state index is 12.4. The highest BCUT2D eigenvalue weighted by atomic mass is 35.5. The quantitative estimate of drug-likeness (QED) is 0.525. The number of rotatable bonds is 4. The highest BCUT2D eigenvalue weighted by molar-refractivity contribution is 6.44. The van der Waals surface area contributed by atoms with Gasteiger partial charge in [0.15, 0.2) is 0 Å². The normalized spacial score (nSPS) is 10.9. The van der Waals surface area contributed by atoms with E-state index in [0.717, 1.165) is 16.6 Å². The van der Waals surface area contributed by atoms with Crippen LogP contribution in [0.4, 0.5) is 5.69 Å². The first-order valence-corrected chi connectivity index (χ1v) is 9.00. The van der Waals surface area contributed by atoms with Crippen LogP contribution in [0.15, 0.2) is 66.7 Å². The van der Waals surface area contributed by atoms with E-state index in [9.17, 15) is 4.79 Å². The van der Waals surface area contributed by atoms with Gasteiger partial charge in [-0.2, -0.15) is 0 Å². The highest BCUT2D eigenvalue weighted by Gasteiger charge is 2.11. The molecule has 27 heavy (non-hydrogen) atoms. The molecular weight excluding hydrogens is 383 g/mol. The second-order valence-corrected chi connectivity index (χ2v) is 6.77. The smallest absolute Gasteiger partial charge is 0.255 e. The average molecular weight is 397 g/mol. The molecule has 7 heteroatoms. The maximum absolute atomic E-state index is 12.4. The van der Waals surface area contributed by atoms with Gasteiger partial charge in [-0.3, -0.25) is 4.79 Å². The van der Waals surface area contributed by atoms with E-state index in [1.54, 1.807) is 30.3 Å². The van der Waals surface area contributed by atoms with Gasteiger partial charge >= 0.3 is 0 Å². The summed E-state index contributed by atoms with van der Waals surface area (Å²) in [6.45, 7) is 0.572. The summed E-state index contributed by atoms with van der Waals surface area (Å²) in [5.41, 5.74) is 3.84. The van der Waals surface area contributed by atoms with Gasteiger partial charge in [0.25, 0.3) is 5.91 Å². The zero-order chi connectivity index (χ0) is 18.8. The number of para-hydroxylation sites is 1. The molecule has 0 fully saturated rings. The lowest BCUT2D eigenvalue weighted by Crippen LogP contribution is -2.12. The summed E-state index contributed by atoms with van der Waals surface area (Å²) in [7, 11) is 0. The van der Waals surface area contributed by atoms with Crippen molar-refractivity contribution in [2.24, 2.45) is 0 Å². The summed E-state index contributed by atoms with van der Waals surface area (Å²) in [5.74, 6) is -0.253. The number of benzene rings is 3. The molecule has 0 saturated carbocycles. The number of halogens is 2. The Hall–Kier alpha value is -2.89. The molecule has 1 amide bonds. The van der Waals surface area contributed by atoms with Crippen molar-refractivity contribution in [1.82, 2.24) is 15.0 Å². The van der Waals surface area contributed by atoms with Crippen molar-refractivity contribution < 1.29 is 4.79 Å². The SMILES string of the molecule is O=C(Nc1cccc(Cl)c1Cl)c1ccc(Cn2nnc3ccccc32)cc1. The van der Waals surface area contributed by atoms with Crippen molar-refractivity contribution in [3.05, 3.63) is 87.9 Å². The van der Waals surface area contributed by atoms with Crippen LogP contribution in [0.1, 0.15) is 15.9 Å². The third-order valence-corrected chi connectivity index (χ3v) is 4.99. The van der Waals surface area contributed by atoms with Crippen LogP contribution in [-0.2, 0) is 6.54 Å². The lowest BCUT2D eigenvalue weighted by Gasteiger charge is -2.09. The van der Waals surface area contributed by atoms with Crippen molar-refractivity contribution in [2.45, 2.75) is 6.54 Å². The predicted octanol–water partition coefficient (Wildman–Crippen LogP) is 5.04. The zero-order valence-corrected chi connectivity index (χ0v) is 15.6. The number of fused-ring (bicyclic) bond motifs is 1. The first-order valence-electron chi connectivity index (χ1n) is 8.24. The predicted molar refractivity (Wildman–Crippen MR) is 107 cm³/mol. The van der Waals surface area contributed by atoms with Gasteiger partial charge in [-0.15, -0.1) is 5.10 Å². The highest BCUT2D eigenvalue weighted by Crippen LogP contribution is 2.29. The van der Waals surface area contributed by atoms with Crippen LogP contribution in [0, 0.1) is 0 Å². The minimum absolute atomic E-state index is 0.253. The number of nitrogens with zero attached hydrogens (tertiary/aromatic N) is 3. The number of carbonyl (C=O) groups is 1. The number of amides is 1. The minimum atomic E-state index is -0.253. The minimum Gasteiger partial charge on any atom is -0.321 e. The Morgan fingerprint density at radius 1 is 0.963 bits per heavy atom. The summed E-state index contributed by atoms with van der Waals surface area (Å²) < 4.78 is 1.83. The molecule has 0 radical (unpaired) electrons. The molecule has 4 aromatic rings. The number of anilines is 1. The summed E-state index contributed by atoms with van der Waals surface area (Å²) >= 11 is 12.1. The largest absolute Gasteiger partial charge is 0.321 e. The van der Waals surface area contributed by atoms with Crippen LogP contribution in [-0.4, -0.2) is 20.9 Å². The molecule has 0 aliphatic heterocycles. The monoisotopic (exact) mass is 396 g/mol. The standard InChI is InChI=1S/C20H14Cl2N4O/c21-15-4-3-6-17(19(15)22)23-20(27)14-10-8-13(9-11-14)12-26-18-7-2-1-5-16(18)24-25-26/h1-11H,12H2,(H,23,27). The summed E-state index contributed by atoms with van der Waals surface area (Å²) in [4.78, 5) is 12.4. The van der Waals surface area contributed by atoms with Crippen molar-refractivity contribution >= 4 is 45.8 Å². The second kappa shape index (κ2) is 7.39. The molecule has 3 aromatic carbocycles. The molecule has 5 nitrogen and oxygen atoms in total. The van der Waals surface area contributed by atoms with Crippen molar-refractivity contribution in [3.8, 4) is 0 Å². The van der Waals surface area contributed by atoms with E-state index in [2.05, 4.69) is 15.6 Å². The molecule has 1 N–H and O–H groups in total. The fourth-order valence-electron chi connectivity index (χ4n) is 2.76. The third-order valence-electron chi connectivity index (χ3n) is 4.17. The van der Waals surface area contributed by atoms with E-state index < -0.39 is 0 Å². The number of nitrogens with one attached hydrogen (secondary N) is 1. The van der Waals surface area contributed by atoms with Crippen molar-refractivity contribution in [3.63, 3.8) is 0 Å². The lowest BCUT2D eigenvalue weighted by molar-refractivity contribution is 0.102. The Bertz CT molecular complexity index is 1120. The fourth-order valence-corrected chi connectivity index (χ4v) is 3.11. The Balaban J connectivity index is 1.50. The Morgan fingerprint density at radius 3 is 2.56 bits per heavy atom. The number of hydrogen-bond acceptors (Lipinski definition) is 3. The van der Waals surface area contributed by atoms with Crippen LogP contribution in [0.3, 0.4) is 0 Å². The van der Waals surface area contributed by atoms with E-state index in [1.807, 2.05) is 41.1 Å². The molecule has 0 atom stereocenters. The van der Waals surface area contributed by atoms with E-state index in [1.165, 1.54) is 0 Å². The van der Waals surface area contributed by atoms with Crippen LogP contribution < -0.4 is 5.32 Å². The van der Waals surface area contributed by atoms with Crippen LogP contribution >= 0.6 is 23.2 Å². The number of aromatic nitrogens is 3. The van der Waals surface area contributed by atoms with Gasteiger partial charge in [0.1, 0.15) is 5.52 Å². The Kier molecular flexibility index (Phi) is 4.79. The molecule has 134 valence electrons. The first kappa shape index (κ1) is 17.5. The average Bonchev–Trinajstić information content (AvgIpc) is 3.09. The topological polar surface area (TPSA) is 59.8 Å². The molecule has 1 heterocycles. The maximum Gasteiger partial charge on any atom is 0.255 e. The van der Waals surface area contributed by atoms with Gasteiger partial charge in [-0.25, -0.2) is 4.68 Å². The van der Waals surface area contributed by atoms with Gasteiger partial charge in [-0.1, -0.05) is 58.7 Å². The number of hydrogen-bond donors (Lipinski definition) is 1. The molecule has 0 saturated heterocycles. The van der Waals surface area contributed by atoms with Gasteiger partial charge in [-0.05, 0) is 42.0 Å².